The molecule has 0 spiro atoms. The molecule has 6 nitrogen and oxygen atoms in total. The maximum Gasteiger partial charge on any atom is 0.320 e. The highest BCUT2D eigenvalue weighted by Crippen LogP contribution is 2.43. The lowest BCUT2D eigenvalue weighted by atomic mass is 9.90. The van der Waals surface area contributed by atoms with E-state index in [9.17, 15) is 9.90 Å². The van der Waals surface area contributed by atoms with Crippen molar-refractivity contribution >= 4 is 17.6 Å². The average molecular weight is 420 g/mol. The van der Waals surface area contributed by atoms with Crippen molar-refractivity contribution in [2.24, 2.45) is 0 Å². The van der Waals surface area contributed by atoms with Crippen LogP contribution in [0.2, 0.25) is 5.02 Å². The summed E-state index contributed by atoms with van der Waals surface area (Å²) in [5, 5.41) is 10.4. The standard InChI is InChI=1S/C22H26ClNO5/c1-27-15-8-9-16(20(13-15)29-3)21(17-12-14(23)7-10-19(17)28-2)24-11-5-4-6-18(24)22(25)26/h7-10,12-13,18,21H,4-6,11H2,1-3H3,(H,25,26). The number of hydrogen-bond acceptors (Lipinski definition) is 5. The van der Waals surface area contributed by atoms with Gasteiger partial charge in [-0.1, -0.05) is 18.0 Å². The first-order valence-electron chi connectivity index (χ1n) is 9.54. The van der Waals surface area contributed by atoms with Gasteiger partial charge in [0, 0.05) is 22.2 Å². The van der Waals surface area contributed by atoms with E-state index in [2.05, 4.69) is 0 Å². The zero-order valence-corrected chi connectivity index (χ0v) is 17.6. The third kappa shape index (κ3) is 4.43. The van der Waals surface area contributed by atoms with Gasteiger partial charge in [-0.05, 0) is 49.7 Å². The molecule has 0 saturated carbocycles. The van der Waals surface area contributed by atoms with Gasteiger partial charge in [-0.25, -0.2) is 0 Å². The predicted octanol–water partition coefficient (Wildman–Crippen LogP) is 4.39. The number of carboxylic acid groups (broad SMARTS) is 1. The minimum Gasteiger partial charge on any atom is -0.497 e. The molecule has 1 aliphatic rings. The van der Waals surface area contributed by atoms with Gasteiger partial charge in [0.25, 0.3) is 0 Å². The third-order valence-electron chi connectivity index (χ3n) is 5.38. The van der Waals surface area contributed by atoms with Gasteiger partial charge in [-0.15, -0.1) is 0 Å². The first-order chi connectivity index (χ1) is 14.0. The summed E-state index contributed by atoms with van der Waals surface area (Å²) in [6.45, 7) is 0.645. The lowest BCUT2D eigenvalue weighted by Crippen LogP contribution is -2.47. The fourth-order valence-corrected chi connectivity index (χ4v) is 4.20. The number of aliphatic carboxylic acids is 1. The molecule has 2 aromatic carbocycles. The quantitative estimate of drug-likeness (QED) is 0.717. The highest BCUT2D eigenvalue weighted by Gasteiger charge is 2.37. The van der Waals surface area contributed by atoms with Crippen LogP contribution in [-0.2, 0) is 4.79 Å². The number of piperidine rings is 1. The number of nitrogens with zero attached hydrogens (tertiary/aromatic N) is 1. The minimum atomic E-state index is -0.830. The van der Waals surface area contributed by atoms with E-state index >= 15 is 0 Å². The Bertz CT molecular complexity index is 872. The summed E-state index contributed by atoms with van der Waals surface area (Å²) in [6, 6.07) is 9.96. The molecular formula is C22H26ClNO5. The van der Waals surface area contributed by atoms with E-state index in [1.165, 1.54) is 0 Å². The van der Waals surface area contributed by atoms with Crippen molar-refractivity contribution in [3.8, 4) is 17.2 Å². The van der Waals surface area contributed by atoms with Gasteiger partial charge >= 0.3 is 5.97 Å². The number of ether oxygens (including phenoxy) is 3. The molecule has 0 amide bonds. The number of carboxylic acids is 1. The molecule has 0 aliphatic carbocycles. The van der Waals surface area contributed by atoms with Gasteiger partial charge in [-0.2, -0.15) is 0 Å². The molecule has 2 unspecified atom stereocenters. The lowest BCUT2D eigenvalue weighted by Gasteiger charge is -2.40. The summed E-state index contributed by atoms with van der Waals surface area (Å²) in [5.41, 5.74) is 1.64. The summed E-state index contributed by atoms with van der Waals surface area (Å²) < 4.78 is 16.6. The van der Waals surface area contributed by atoms with E-state index in [1.54, 1.807) is 39.5 Å². The number of rotatable bonds is 7. The van der Waals surface area contributed by atoms with Gasteiger partial charge in [0.05, 0.1) is 27.4 Å². The van der Waals surface area contributed by atoms with Crippen molar-refractivity contribution in [2.75, 3.05) is 27.9 Å². The number of likely N-dealkylation sites (tertiary alicyclic amines) is 1. The fraction of sp³-hybridized carbons (Fsp3) is 0.409. The van der Waals surface area contributed by atoms with Crippen LogP contribution in [-0.4, -0.2) is 49.9 Å². The van der Waals surface area contributed by atoms with Crippen molar-refractivity contribution in [2.45, 2.75) is 31.3 Å². The zero-order valence-electron chi connectivity index (χ0n) is 16.9. The SMILES string of the molecule is COc1ccc(C(c2cc(Cl)ccc2OC)N2CCCCC2C(=O)O)c(OC)c1. The molecular weight excluding hydrogens is 394 g/mol. The van der Waals surface area contributed by atoms with Crippen LogP contribution in [0.1, 0.15) is 36.4 Å². The molecule has 0 radical (unpaired) electrons. The van der Waals surface area contributed by atoms with E-state index in [-0.39, 0.29) is 0 Å². The molecule has 1 fully saturated rings. The molecule has 29 heavy (non-hydrogen) atoms. The van der Waals surface area contributed by atoms with Crippen LogP contribution in [0.25, 0.3) is 0 Å². The highest BCUT2D eigenvalue weighted by atomic mass is 35.5. The smallest absolute Gasteiger partial charge is 0.320 e. The Kier molecular flexibility index (Phi) is 6.87. The summed E-state index contributed by atoms with van der Waals surface area (Å²) in [5.74, 6) is 1.09. The predicted molar refractivity (Wildman–Crippen MR) is 111 cm³/mol. The Morgan fingerprint density at radius 1 is 1.03 bits per heavy atom. The molecule has 2 aromatic rings. The van der Waals surface area contributed by atoms with E-state index in [1.807, 2.05) is 23.1 Å². The van der Waals surface area contributed by atoms with Crippen LogP contribution in [0.15, 0.2) is 36.4 Å². The number of halogens is 1. The number of benzene rings is 2. The van der Waals surface area contributed by atoms with Crippen LogP contribution in [0, 0.1) is 0 Å². The first kappa shape index (κ1) is 21.3. The van der Waals surface area contributed by atoms with Crippen LogP contribution < -0.4 is 14.2 Å². The molecule has 1 N–H and O–H groups in total. The maximum atomic E-state index is 12.1. The normalized spacial score (nSPS) is 18.1. The Morgan fingerprint density at radius 2 is 1.79 bits per heavy atom. The second-order valence-electron chi connectivity index (χ2n) is 6.98. The van der Waals surface area contributed by atoms with Gasteiger partial charge in [-0.3, -0.25) is 9.69 Å². The molecule has 3 rings (SSSR count). The molecule has 2 atom stereocenters. The summed E-state index contributed by atoms with van der Waals surface area (Å²) in [4.78, 5) is 14.1. The van der Waals surface area contributed by atoms with Crippen LogP contribution in [0.3, 0.4) is 0 Å². The second-order valence-corrected chi connectivity index (χ2v) is 7.42. The van der Waals surface area contributed by atoms with Crippen molar-refractivity contribution in [1.29, 1.82) is 0 Å². The van der Waals surface area contributed by atoms with E-state index in [0.29, 0.717) is 35.2 Å². The summed E-state index contributed by atoms with van der Waals surface area (Å²) in [7, 11) is 4.78. The molecule has 1 heterocycles. The van der Waals surface area contributed by atoms with Crippen LogP contribution in [0.5, 0.6) is 17.2 Å². The van der Waals surface area contributed by atoms with Crippen LogP contribution in [0.4, 0.5) is 0 Å². The Labute approximate surface area is 175 Å². The Hall–Kier alpha value is -2.44. The van der Waals surface area contributed by atoms with Crippen molar-refractivity contribution < 1.29 is 24.1 Å². The third-order valence-corrected chi connectivity index (χ3v) is 5.62. The van der Waals surface area contributed by atoms with E-state index in [0.717, 1.165) is 24.0 Å². The van der Waals surface area contributed by atoms with Crippen molar-refractivity contribution in [1.82, 2.24) is 4.90 Å². The number of methoxy groups -OCH3 is 3. The van der Waals surface area contributed by atoms with E-state index in [4.69, 9.17) is 25.8 Å². The van der Waals surface area contributed by atoms with Crippen molar-refractivity contribution in [3.63, 3.8) is 0 Å². The van der Waals surface area contributed by atoms with Gasteiger partial charge in [0.1, 0.15) is 23.3 Å². The number of hydrogen-bond donors (Lipinski definition) is 1. The fourth-order valence-electron chi connectivity index (χ4n) is 4.02. The lowest BCUT2D eigenvalue weighted by molar-refractivity contribution is -0.145. The molecule has 1 saturated heterocycles. The van der Waals surface area contributed by atoms with E-state index < -0.39 is 18.1 Å². The van der Waals surface area contributed by atoms with Gasteiger partial charge < -0.3 is 19.3 Å². The minimum absolute atomic E-state index is 0.397. The monoisotopic (exact) mass is 419 g/mol. The topological polar surface area (TPSA) is 68.2 Å². The maximum absolute atomic E-state index is 12.1. The summed E-state index contributed by atoms with van der Waals surface area (Å²) in [6.07, 6.45) is 2.39. The van der Waals surface area contributed by atoms with Gasteiger partial charge in [0.15, 0.2) is 0 Å². The summed E-state index contributed by atoms with van der Waals surface area (Å²) >= 11 is 6.32. The van der Waals surface area contributed by atoms with Crippen molar-refractivity contribution in [3.05, 3.63) is 52.5 Å². The Balaban J connectivity index is 2.22. The van der Waals surface area contributed by atoms with Gasteiger partial charge in [0.2, 0.25) is 0 Å². The largest absolute Gasteiger partial charge is 0.497 e. The average Bonchev–Trinajstić information content (AvgIpc) is 2.74. The van der Waals surface area contributed by atoms with Crippen LogP contribution >= 0.6 is 11.6 Å². The first-order valence-corrected chi connectivity index (χ1v) is 9.91. The molecule has 156 valence electrons. The highest BCUT2D eigenvalue weighted by molar-refractivity contribution is 6.30. The number of carbonyl (C=O) groups is 1. The molecule has 1 aliphatic heterocycles. The Morgan fingerprint density at radius 3 is 2.45 bits per heavy atom. The molecule has 0 aromatic heterocycles. The second kappa shape index (κ2) is 9.37. The molecule has 0 bridgehead atoms. The molecule has 7 heteroatoms. The zero-order chi connectivity index (χ0) is 21.0.